The number of nitrogens with one attached hydrogen (secondary N) is 1. The van der Waals surface area contributed by atoms with Gasteiger partial charge in [-0.05, 0) is 25.1 Å². The van der Waals surface area contributed by atoms with Crippen LogP contribution in [0.25, 0.3) is 0 Å². The summed E-state index contributed by atoms with van der Waals surface area (Å²) in [6.45, 7) is 1.57. The number of anilines is 1. The number of hydrogen-bond donors (Lipinski definition) is 2. The molecule has 18 heavy (non-hydrogen) atoms. The highest BCUT2D eigenvalue weighted by molar-refractivity contribution is 6.02. The summed E-state index contributed by atoms with van der Waals surface area (Å²) in [5.41, 5.74) is 0.170. The van der Waals surface area contributed by atoms with E-state index in [4.69, 9.17) is 14.6 Å². The summed E-state index contributed by atoms with van der Waals surface area (Å²) in [5, 5.41) is 11.5. The van der Waals surface area contributed by atoms with Crippen molar-refractivity contribution in [3.8, 4) is 5.75 Å². The largest absolute Gasteiger partial charge is 0.497 e. The Balaban J connectivity index is 3.01. The number of carboxylic acid groups (broad SMARTS) is 1. The molecule has 1 rings (SSSR count). The molecule has 1 atom stereocenters. The number of carboxylic acids is 1. The van der Waals surface area contributed by atoms with E-state index in [2.05, 4.69) is 5.32 Å². The lowest BCUT2D eigenvalue weighted by Crippen LogP contribution is -2.27. The number of ether oxygens (including phenoxy) is 2. The van der Waals surface area contributed by atoms with E-state index in [1.165, 1.54) is 26.4 Å². The van der Waals surface area contributed by atoms with Crippen LogP contribution in [0.5, 0.6) is 5.75 Å². The second kappa shape index (κ2) is 6.02. The Labute approximate surface area is 105 Å². The molecule has 98 valence electrons. The number of methoxy groups -OCH3 is 2. The fourth-order valence-corrected chi connectivity index (χ4v) is 1.28. The van der Waals surface area contributed by atoms with Crippen molar-refractivity contribution in [3.05, 3.63) is 23.8 Å². The van der Waals surface area contributed by atoms with Gasteiger partial charge in [0.15, 0.2) is 0 Å². The van der Waals surface area contributed by atoms with Gasteiger partial charge in [0.2, 0.25) is 0 Å². The SMILES string of the molecule is COc1ccc(NC(=O)C(C)OC)c(C(=O)O)c1. The Morgan fingerprint density at radius 2 is 2.00 bits per heavy atom. The van der Waals surface area contributed by atoms with Crippen LogP contribution in [0, 0.1) is 0 Å². The number of carbonyl (C=O) groups is 2. The van der Waals surface area contributed by atoms with Crippen LogP contribution in [0.2, 0.25) is 0 Å². The van der Waals surface area contributed by atoms with Crippen molar-refractivity contribution in [1.82, 2.24) is 0 Å². The molecule has 1 aromatic carbocycles. The van der Waals surface area contributed by atoms with E-state index in [1.807, 2.05) is 0 Å². The second-order valence-corrected chi connectivity index (χ2v) is 3.58. The summed E-state index contributed by atoms with van der Waals surface area (Å²) < 4.78 is 9.78. The lowest BCUT2D eigenvalue weighted by atomic mass is 10.1. The summed E-state index contributed by atoms with van der Waals surface area (Å²) in [7, 11) is 2.84. The van der Waals surface area contributed by atoms with Gasteiger partial charge in [-0.25, -0.2) is 4.79 Å². The van der Waals surface area contributed by atoms with Crippen LogP contribution < -0.4 is 10.1 Å². The predicted molar refractivity (Wildman–Crippen MR) is 65.1 cm³/mol. The van der Waals surface area contributed by atoms with Gasteiger partial charge in [0.1, 0.15) is 11.9 Å². The number of hydrogen-bond acceptors (Lipinski definition) is 4. The van der Waals surface area contributed by atoms with Gasteiger partial charge in [0, 0.05) is 7.11 Å². The van der Waals surface area contributed by atoms with E-state index in [-0.39, 0.29) is 11.3 Å². The first kappa shape index (κ1) is 14.0. The molecule has 0 bridgehead atoms. The molecule has 0 fully saturated rings. The zero-order valence-corrected chi connectivity index (χ0v) is 10.4. The van der Waals surface area contributed by atoms with Crippen LogP contribution >= 0.6 is 0 Å². The Bertz CT molecular complexity index is 458. The highest BCUT2D eigenvalue weighted by atomic mass is 16.5. The van der Waals surface area contributed by atoms with Crippen molar-refractivity contribution in [2.24, 2.45) is 0 Å². The summed E-state index contributed by atoms with van der Waals surface area (Å²) in [6.07, 6.45) is -0.659. The minimum atomic E-state index is -1.14. The zero-order valence-electron chi connectivity index (χ0n) is 10.4. The first-order valence-electron chi connectivity index (χ1n) is 5.24. The zero-order chi connectivity index (χ0) is 13.7. The average Bonchev–Trinajstić information content (AvgIpc) is 2.37. The van der Waals surface area contributed by atoms with Crippen molar-refractivity contribution in [2.75, 3.05) is 19.5 Å². The maximum Gasteiger partial charge on any atom is 0.337 e. The normalized spacial score (nSPS) is 11.7. The first-order valence-corrected chi connectivity index (χ1v) is 5.24. The van der Waals surface area contributed by atoms with Gasteiger partial charge < -0.3 is 19.9 Å². The molecule has 0 saturated carbocycles. The third kappa shape index (κ3) is 3.21. The van der Waals surface area contributed by atoms with Gasteiger partial charge in [-0.3, -0.25) is 4.79 Å². The summed E-state index contributed by atoms with van der Waals surface area (Å²) >= 11 is 0. The predicted octanol–water partition coefficient (Wildman–Crippen LogP) is 1.37. The molecule has 1 amide bonds. The lowest BCUT2D eigenvalue weighted by Gasteiger charge is -2.13. The lowest BCUT2D eigenvalue weighted by molar-refractivity contribution is -0.124. The molecule has 0 aliphatic heterocycles. The molecular weight excluding hydrogens is 238 g/mol. The Kier molecular flexibility index (Phi) is 4.67. The second-order valence-electron chi connectivity index (χ2n) is 3.58. The molecule has 6 nitrogen and oxygen atoms in total. The van der Waals surface area contributed by atoms with Crippen molar-refractivity contribution < 1.29 is 24.2 Å². The van der Waals surface area contributed by atoms with E-state index < -0.39 is 18.0 Å². The molecule has 2 N–H and O–H groups in total. The van der Waals surface area contributed by atoms with Gasteiger partial charge in [-0.15, -0.1) is 0 Å². The van der Waals surface area contributed by atoms with Gasteiger partial charge in [0.25, 0.3) is 5.91 Å². The maximum absolute atomic E-state index is 11.6. The number of carbonyl (C=O) groups excluding carboxylic acids is 1. The molecule has 0 aliphatic rings. The van der Waals surface area contributed by atoms with Crippen LogP contribution in [0.3, 0.4) is 0 Å². The van der Waals surface area contributed by atoms with Crippen LogP contribution in [0.15, 0.2) is 18.2 Å². The molecule has 0 saturated heterocycles. The average molecular weight is 253 g/mol. The smallest absolute Gasteiger partial charge is 0.337 e. The van der Waals surface area contributed by atoms with E-state index >= 15 is 0 Å². The fourth-order valence-electron chi connectivity index (χ4n) is 1.28. The Morgan fingerprint density at radius 1 is 1.33 bits per heavy atom. The van der Waals surface area contributed by atoms with Crippen molar-refractivity contribution >= 4 is 17.6 Å². The Morgan fingerprint density at radius 3 is 2.50 bits per heavy atom. The van der Waals surface area contributed by atoms with Crippen LogP contribution in [0.4, 0.5) is 5.69 Å². The monoisotopic (exact) mass is 253 g/mol. The molecule has 1 aromatic rings. The van der Waals surface area contributed by atoms with Crippen molar-refractivity contribution in [3.63, 3.8) is 0 Å². The third-order valence-corrected chi connectivity index (χ3v) is 2.44. The molecule has 1 unspecified atom stereocenters. The minimum Gasteiger partial charge on any atom is -0.497 e. The van der Waals surface area contributed by atoms with Gasteiger partial charge >= 0.3 is 5.97 Å². The number of benzene rings is 1. The number of amides is 1. The highest BCUT2D eigenvalue weighted by Crippen LogP contribution is 2.22. The highest BCUT2D eigenvalue weighted by Gasteiger charge is 2.17. The molecule has 0 aromatic heterocycles. The van der Waals surface area contributed by atoms with Crippen LogP contribution in [-0.4, -0.2) is 37.3 Å². The van der Waals surface area contributed by atoms with Crippen molar-refractivity contribution in [1.29, 1.82) is 0 Å². The van der Waals surface area contributed by atoms with Gasteiger partial charge in [-0.2, -0.15) is 0 Å². The van der Waals surface area contributed by atoms with Crippen molar-refractivity contribution in [2.45, 2.75) is 13.0 Å². The minimum absolute atomic E-state index is 0.0361. The molecule has 0 heterocycles. The van der Waals surface area contributed by atoms with Crippen LogP contribution in [-0.2, 0) is 9.53 Å². The summed E-state index contributed by atoms with van der Waals surface area (Å²) in [5.74, 6) is -1.15. The third-order valence-electron chi connectivity index (χ3n) is 2.44. The van der Waals surface area contributed by atoms with Gasteiger partial charge in [0.05, 0.1) is 18.4 Å². The maximum atomic E-state index is 11.6. The first-order chi connectivity index (χ1) is 8.49. The summed E-state index contributed by atoms with van der Waals surface area (Å²) in [6, 6.07) is 4.39. The molecule has 0 aliphatic carbocycles. The molecular formula is C12H15NO5. The van der Waals surface area contributed by atoms with E-state index in [1.54, 1.807) is 13.0 Å². The van der Waals surface area contributed by atoms with E-state index in [0.29, 0.717) is 5.75 Å². The number of aromatic carboxylic acids is 1. The topological polar surface area (TPSA) is 84.9 Å². The summed E-state index contributed by atoms with van der Waals surface area (Å²) in [4.78, 5) is 22.7. The van der Waals surface area contributed by atoms with Crippen LogP contribution in [0.1, 0.15) is 17.3 Å². The number of rotatable bonds is 5. The van der Waals surface area contributed by atoms with E-state index in [0.717, 1.165) is 0 Å². The fraction of sp³-hybridized carbons (Fsp3) is 0.333. The van der Waals surface area contributed by atoms with Gasteiger partial charge in [-0.1, -0.05) is 0 Å². The molecule has 0 spiro atoms. The van der Waals surface area contributed by atoms with E-state index in [9.17, 15) is 9.59 Å². The quantitative estimate of drug-likeness (QED) is 0.827. The molecule has 0 radical (unpaired) electrons. The Hall–Kier alpha value is -2.08. The standard InChI is InChI=1S/C12H15NO5/c1-7(17-2)11(14)13-10-5-4-8(18-3)6-9(10)12(15)16/h4-7H,1-3H3,(H,13,14)(H,15,16). The molecule has 6 heteroatoms.